The van der Waals surface area contributed by atoms with E-state index in [9.17, 15) is 0 Å². The molecule has 0 bridgehead atoms. The zero-order chi connectivity index (χ0) is 16.6. The van der Waals surface area contributed by atoms with E-state index in [2.05, 4.69) is 58.8 Å². The SMILES string of the molecule is CC(CNCc1ccc(-c2ccccc2)cc1)Oc1ccccn1. The van der Waals surface area contributed by atoms with Crippen LogP contribution in [0.5, 0.6) is 5.88 Å². The van der Waals surface area contributed by atoms with Gasteiger partial charge in [0.2, 0.25) is 5.88 Å². The largest absolute Gasteiger partial charge is 0.473 e. The molecule has 1 heterocycles. The molecule has 0 amide bonds. The van der Waals surface area contributed by atoms with E-state index < -0.39 is 0 Å². The van der Waals surface area contributed by atoms with Gasteiger partial charge in [-0.2, -0.15) is 0 Å². The van der Waals surface area contributed by atoms with E-state index in [1.165, 1.54) is 16.7 Å². The predicted molar refractivity (Wildman–Crippen MR) is 97.9 cm³/mol. The fourth-order valence-electron chi connectivity index (χ4n) is 2.53. The highest BCUT2D eigenvalue weighted by Gasteiger charge is 2.04. The maximum atomic E-state index is 5.76. The van der Waals surface area contributed by atoms with Crippen molar-refractivity contribution >= 4 is 0 Å². The van der Waals surface area contributed by atoms with Crippen LogP contribution in [0.1, 0.15) is 12.5 Å². The maximum Gasteiger partial charge on any atom is 0.213 e. The van der Waals surface area contributed by atoms with Crippen LogP contribution >= 0.6 is 0 Å². The molecule has 0 aliphatic heterocycles. The van der Waals surface area contributed by atoms with E-state index in [-0.39, 0.29) is 6.10 Å². The lowest BCUT2D eigenvalue weighted by atomic mass is 10.0. The molecule has 3 aromatic rings. The first kappa shape index (κ1) is 16.2. The Balaban J connectivity index is 1.47. The van der Waals surface area contributed by atoms with Crippen LogP contribution in [-0.2, 0) is 6.54 Å². The quantitative estimate of drug-likeness (QED) is 0.705. The molecule has 0 saturated heterocycles. The van der Waals surface area contributed by atoms with Gasteiger partial charge >= 0.3 is 0 Å². The van der Waals surface area contributed by atoms with Crippen LogP contribution in [0.4, 0.5) is 0 Å². The zero-order valence-corrected chi connectivity index (χ0v) is 13.9. The normalized spacial score (nSPS) is 11.9. The molecular formula is C21H22N2O. The van der Waals surface area contributed by atoms with Crippen LogP contribution in [0.15, 0.2) is 79.0 Å². The molecule has 0 saturated carbocycles. The summed E-state index contributed by atoms with van der Waals surface area (Å²) in [6.45, 7) is 3.64. The van der Waals surface area contributed by atoms with Crippen molar-refractivity contribution in [3.63, 3.8) is 0 Å². The van der Waals surface area contributed by atoms with Gasteiger partial charge in [0.15, 0.2) is 0 Å². The minimum absolute atomic E-state index is 0.0727. The summed E-state index contributed by atoms with van der Waals surface area (Å²) in [6.07, 6.45) is 1.81. The second-order valence-electron chi connectivity index (χ2n) is 5.79. The lowest BCUT2D eigenvalue weighted by Crippen LogP contribution is -2.28. The molecule has 3 nitrogen and oxygen atoms in total. The standard InChI is InChI=1S/C21H22N2O/c1-17(24-21-9-5-6-14-23-21)15-22-16-18-10-12-20(13-11-18)19-7-3-2-4-8-19/h2-14,17,22H,15-16H2,1H3. The minimum atomic E-state index is 0.0727. The summed E-state index contributed by atoms with van der Waals surface area (Å²) in [4.78, 5) is 4.17. The molecule has 0 fully saturated rings. The van der Waals surface area contributed by atoms with Gasteiger partial charge in [0.25, 0.3) is 0 Å². The van der Waals surface area contributed by atoms with Crippen LogP contribution in [-0.4, -0.2) is 17.6 Å². The Morgan fingerprint density at radius 1 is 0.875 bits per heavy atom. The van der Waals surface area contributed by atoms with Gasteiger partial charge in [-0.3, -0.25) is 0 Å². The first-order valence-corrected chi connectivity index (χ1v) is 8.24. The van der Waals surface area contributed by atoms with Gasteiger partial charge in [0.1, 0.15) is 6.10 Å². The average molecular weight is 318 g/mol. The molecule has 0 radical (unpaired) electrons. The van der Waals surface area contributed by atoms with Crippen molar-refractivity contribution in [1.82, 2.24) is 10.3 Å². The number of nitrogens with one attached hydrogen (secondary N) is 1. The minimum Gasteiger partial charge on any atom is -0.473 e. The number of pyridine rings is 1. The summed E-state index contributed by atoms with van der Waals surface area (Å²) in [5.74, 6) is 0.666. The van der Waals surface area contributed by atoms with Gasteiger partial charge in [-0.1, -0.05) is 60.7 Å². The molecule has 1 atom stereocenters. The van der Waals surface area contributed by atoms with Crippen molar-refractivity contribution < 1.29 is 4.74 Å². The van der Waals surface area contributed by atoms with E-state index in [0.717, 1.165) is 13.1 Å². The molecule has 0 aliphatic carbocycles. The van der Waals surface area contributed by atoms with E-state index >= 15 is 0 Å². The lowest BCUT2D eigenvalue weighted by molar-refractivity contribution is 0.208. The second kappa shape index (κ2) is 8.27. The fraction of sp³-hybridized carbons (Fsp3) is 0.190. The summed E-state index contributed by atoms with van der Waals surface area (Å²) in [6, 6.07) is 24.8. The van der Waals surface area contributed by atoms with Gasteiger partial charge < -0.3 is 10.1 Å². The zero-order valence-electron chi connectivity index (χ0n) is 13.9. The van der Waals surface area contributed by atoms with Crippen LogP contribution in [0, 0.1) is 0 Å². The Labute approximate surface area is 143 Å². The molecule has 24 heavy (non-hydrogen) atoms. The highest BCUT2D eigenvalue weighted by Crippen LogP contribution is 2.19. The number of hydrogen-bond acceptors (Lipinski definition) is 3. The van der Waals surface area contributed by atoms with E-state index in [1.54, 1.807) is 6.20 Å². The summed E-state index contributed by atoms with van der Waals surface area (Å²) in [5, 5.41) is 3.43. The molecule has 3 rings (SSSR count). The van der Waals surface area contributed by atoms with Gasteiger partial charge in [0.05, 0.1) is 0 Å². The van der Waals surface area contributed by atoms with E-state index in [4.69, 9.17) is 4.74 Å². The smallest absolute Gasteiger partial charge is 0.213 e. The van der Waals surface area contributed by atoms with Crippen LogP contribution in [0.25, 0.3) is 11.1 Å². The maximum absolute atomic E-state index is 5.76. The highest BCUT2D eigenvalue weighted by atomic mass is 16.5. The van der Waals surface area contributed by atoms with Crippen molar-refractivity contribution in [1.29, 1.82) is 0 Å². The number of hydrogen-bond donors (Lipinski definition) is 1. The molecule has 122 valence electrons. The first-order valence-electron chi connectivity index (χ1n) is 8.24. The number of aromatic nitrogens is 1. The first-order chi connectivity index (χ1) is 11.8. The van der Waals surface area contributed by atoms with Crippen molar-refractivity contribution in [3.05, 3.63) is 84.6 Å². The van der Waals surface area contributed by atoms with Crippen molar-refractivity contribution in [3.8, 4) is 17.0 Å². The third-order valence-electron chi connectivity index (χ3n) is 3.78. The molecule has 0 spiro atoms. The topological polar surface area (TPSA) is 34.1 Å². The van der Waals surface area contributed by atoms with Crippen LogP contribution in [0.2, 0.25) is 0 Å². The molecule has 2 aromatic carbocycles. The monoisotopic (exact) mass is 318 g/mol. The van der Waals surface area contributed by atoms with Crippen molar-refractivity contribution in [2.75, 3.05) is 6.54 Å². The number of ether oxygens (including phenoxy) is 1. The van der Waals surface area contributed by atoms with Crippen molar-refractivity contribution in [2.45, 2.75) is 19.6 Å². The third kappa shape index (κ3) is 4.67. The highest BCUT2D eigenvalue weighted by molar-refractivity contribution is 5.63. The number of nitrogens with zero attached hydrogens (tertiary/aromatic N) is 1. The molecule has 1 unspecified atom stereocenters. The third-order valence-corrected chi connectivity index (χ3v) is 3.78. The van der Waals surface area contributed by atoms with E-state index in [0.29, 0.717) is 5.88 Å². The Kier molecular flexibility index (Phi) is 5.59. The fourth-order valence-corrected chi connectivity index (χ4v) is 2.53. The molecule has 3 heteroatoms. The second-order valence-corrected chi connectivity index (χ2v) is 5.79. The summed E-state index contributed by atoms with van der Waals surface area (Å²) in [7, 11) is 0. The Bertz CT molecular complexity index is 727. The van der Waals surface area contributed by atoms with Gasteiger partial charge in [0, 0.05) is 25.4 Å². The number of rotatable bonds is 7. The van der Waals surface area contributed by atoms with Gasteiger partial charge in [-0.05, 0) is 29.7 Å². The Hall–Kier alpha value is -2.65. The average Bonchev–Trinajstić information content (AvgIpc) is 2.64. The summed E-state index contributed by atoms with van der Waals surface area (Å²) in [5.41, 5.74) is 3.75. The summed E-state index contributed by atoms with van der Waals surface area (Å²) >= 11 is 0. The molecule has 1 aromatic heterocycles. The Morgan fingerprint density at radius 3 is 2.29 bits per heavy atom. The molecule has 0 aliphatic rings. The molecule has 1 N–H and O–H groups in total. The van der Waals surface area contributed by atoms with Gasteiger partial charge in [-0.15, -0.1) is 0 Å². The lowest BCUT2D eigenvalue weighted by Gasteiger charge is -2.14. The summed E-state index contributed by atoms with van der Waals surface area (Å²) < 4.78 is 5.76. The van der Waals surface area contributed by atoms with Crippen LogP contribution < -0.4 is 10.1 Å². The molecular weight excluding hydrogens is 296 g/mol. The Morgan fingerprint density at radius 2 is 1.58 bits per heavy atom. The van der Waals surface area contributed by atoms with E-state index in [1.807, 2.05) is 31.2 Å². The van der Waals surface area contributed by atoms with Gasteiger partial charge in [-0.25, -0.2) is 4.98 Å². The van der Waals surface area contributed by atoms with Crippen LogP contribution in [0.3, 0.4) is 0 Å². The predicted octanol–water partition coefficient (Wildman–Crippen LogP) is 4.31. The van der Waals surface area contributed by atoms with Crippen molar-refractivity contribution in [2.24, 2.45) is 0 Å². The number of benzene rings is 2.